The van der Waals surface area contributed by atoms with Crippen molar-refractivity contribution >= 4 is 27.4 Å². The monoisotopic (exact) mass is 458 g/mol. The Kier molecular flexibility index (Phi) is 6.07. The van der Waals surface area contributed by atoms with E-state index in [4.69, 9.17) is 9.57 Å². The van der Waals surface area contributed by atoms with Crippen molar-refractivity contribution in [2.45, 2.75) is 49.4 Å². The molecular formula is C23H26N2O6S. The number of hydrogen-bond donors (Lipinski definition) is 1. The molecule has 9 heteroatoms. The van der Waals surface area contributed by atoms with E-state index in [1.165, 1.54) is 5.06 Å². The van der Waals surface area contributed by atoms with Crippen molar-refractivity contribution < 1.29 is 27.6 Å². The van der Waals surface area contributed by atoms with Gasteiger partial charge in [-0.05, 0) is 49.6 Å². The molecule has 4 rings (SSSR count). The maximum Gasteiger partial charge on any atom is 0.308 e. The van der Waals surface area contributed by atoms with E-state index in [1.54, 1.807) is 37.3 Å². The highest BCUT2D eigenvalue weighted by molar-refractivity contribution is 7.92. The lowest BCUT2D eigenvalue weighted by Gasteiger charge is -2.29. The van der Waals surface area contributed by atoms with Crippen molar-refractivity contribution in [3.05, 3.63) is 59.2 Å². The van der Waals surface area contributed by atoms with Crippen LogP contribution in [-0.4, -0.2) is 49.9 Å². The van der Waals surface area contributed by atoms with Gasteiger partial charge in [0.05, 0.1) is 30.6 Å². The number of aryl methyl sites for hydroxylation is 2. The molecule has 0 bridgehead atoms. The number of nitrogens with zero attached hydrogens (tertiary/aromatic N) is 1. The smallest absolute Gasteiger partial charge is 0.308 e. The number of fused-ring (bicyclic) bond motifs is 3. The van der Waals surface area contributed by atoms with Gasteiger partial charge in [0.15, 0.2) is 9.84 Å². The second-order valence-corrected chi connectivity index (χ2v) is 10.2. The van der Waals surface area contributed by atoms with Crippen molar-refractivity contribution in [3.63, 3.8) is 0 Å². The lowest BCUT2D eigenvalue weighted by molar-refractivity contribution is -0.178. The normalized spacial score (nSPS) is 23.1. The summed E-state index contributed by atoms with van der Waals surface area (Å²) >= 11 is 0. The molecule has 2 heterocycles. The van der Waals surface area contributed by atoms with Crippen molar-refractivity contribution in [1.29, 1.82) is 0 Å². The van der Waals surface area contributed by atoms with Gasteiger partial charge in [0, 0.05) is 5.69 Å². The molecule has 0 aromatic heterocycles. The number of amides is 1. The Labute approximate surface area is 187 Å². The van der Waals surface area contributed by atoms with Gasteiger partial charge >= 0.3 is 5.97 Å². The van der Waals surface area contributed by atoms with Crippen molar-refractivity contribution in [2.75, 3.05) is 18.5 Å². The zero-order valence-electron chi connectivity index (χ0n) is 18.2. The molecule has 1 amide bonds. The Morgan fingerprint density at radius 3 is 2.53 bits per heavy atom. The lowest BCUT2D eigenvalue weighted by Crippen LogP contribution is -2.44. The van der Waals surface area contributed by atoms with Gasteiger partial charge in [0.25, 0.3) is 0 Å². The van der Waals surface area contributed by atoms with Crippen molar-refractivity contribution in [1.82, 2.24) is 5.06 Å². The molecule has 0 radical (unpaired) electrons. The fourth-order valence-electron chi connectivity index (χ4n) is 4.40. The van der Waals surface area contributed by atoms with E-state index in [-0.39, 0.29) is 24.5 Å². The molecule has 32 heavy (non-hydrogen) atoms. The molecule has 2 aliphatic heterocycles. The average molecular weight is 459 g/mol. The number of rotatable bonds is 5. The maximum absolute atomic E-state index is 13.6. The Morgan fingerprint density at radius 1 is 1.16 bits per heavy atom. The summed E-state index contributed by atoms with van der Waals surface area (Å²) in [6.07, 6.45) is -0.250. The van der Waals surface area contributed by atoms with Crippen LogP contribution >= 0.6 is 0 Å². The quantitative estimate of drug-likeness (QED) is 0.688. The van der Waals surface area contributed by atoms with Gasteiger partial charge in [-0.3, -0.25) is 14.4 Å². The van der Waals surface area contributed by atoms with E-state index in [0.29, 0.717) is 11.3 Å². The van der Waals surface area contributed by atoms with Crippen LogP contribution in [0.1, 0.15) is 36.1 Å². The minimum Gasteiger partial charge on any atom is -0.466 e. The van der Waals surface area contributed by atoms with Gasteiger partial charge in [-0.25, -0.2) is 8.42 Å². The lowest BCUT2D eigenvalue weighted by atomic mass is 9.94. The van der Waals surface area contributed by atoms with Crippen LogP contribution in [0.15, 0.2) is 47.4 Å². The molecule has 1 saturated heterocycles. The number of carbonyl (C=O) groups excluding carboxylic acids is 2. The minimum absolute atomic E-state index is 0.124. The van der Waals surface area contributed by atoms with Crippen LogP contribution in [0.25, 0.3) is 0 Å². The van der Waals surface area contributed by atoms with Crippen LogP contribution in [-0.2, 0) is 29.0 Å². The second-order valence-electron chi connectivity index (χ2n) is 8.00. The molecule has 1 fully saturated rings. The van der Waals surface area contributed by atoms with Gasteiger partial charge in [0.1, 0.15) is 11.3 Å². The molecule has 1 N–H and O–H groups in total. The largest absolute Gasteiger partial charge is 0.466 e. The topological polar surface area (TPSA) is 102 Å². The Bertz CT molecular complexity index is 1150. The highest BCUT2D eigenvalue weighted by atomic mass is 32.2. The van der Waals surface area contributed by atoms with Crippen LogP contribution in [0.5, 0.6) is 0 Å². The summed E-state index contributed by atoms with van der Waals surface area (Å²) < 4.78 is 32.3. The first-order valence-electron chi connectivity index (χ1n) is 10.5. The third-order valence-corrected chi connectivity index (χ3v) is 8.10. The Hall–Kier alpha value is -2.75. The third kappa shape index (κ3) is 3.80. The van der Waals surface area contributed by atoms with Crippen LogP contribution in [0.3, 0.4) is 0 Å². The molecule has 0 unspecified atom stereocenters. The standard InChI is InChI=1S/C23H26N2O6S/c1-4-30-19(26)12-17-23(27)24-21-15(3)11-10-14(2)20(21)22-18(13-31-25(17)22)32(28,29)16-8-6-5-7-9-16/h5-11,17-18,22H,4,12-13H2,1-3H3,(H,24,27)/t17-,18-,22+/m1/s1. The van der Waals surface area contributed by atoms with Crippen LogP contribution in [0, 0.1) is 13.8 Å². The number of esters is 1. The number of anilines is 1. The first kappa shape index (κ1) is 22.4. The number of nitrogens with one attached hydrogen (secondary N) is 1. The number of hydrogen-bond acceptors (Lipinski definition) is 7. The summed E-state index contributed by atoms with van der Waals surface area (Å²) in [5.74, 6) is -0.989. The number of sulfone groups is 1. The molecular weight excluding hydrogens is 432 g/mol. The summed E-state index contributed by atoms with van der Waals surface area (Å²) in [5, 5.41) is 3.33. The molecule has 0 spiro atoms. The average Bonchev–Trinajstić information content (AvgIpc) is 3.16. The number of ether oxygens (including phenoxy) is 1. The molecule has 2 aromatic carbocycles. The van der Waals surface area contributed by atoms with E-state index >= 15 is 0 Å². The van der Waals surface area contributed by atoms with E-state index in [9.17, 15) is 18.0 Å². The molecule has 170 valence electrons. The van der Waals surface area contributed by atoms with Gasteiger partial charge in [0.2, 0.25) is 5.91 Å². The zero-order valence-corrected chi connectivity index (χ0v) is 19.0. The van der Waals surface area contributed by atoms with Crippen LogP contribution in [0.4, 0.5) is 5.69 Å². The minimum atomic E-state index is -3.80. The van der Waals surface area contributed by atoms with Crippen LogP contribution < -0.4 is 5.32 Å². The third-order valence-electron chi connectivity index (χ3n) is 5.98. The van der Waals surface area contributed by atoms with Crippen molar-refractivity contribution in [3.8, 4) is 0 Å². The van der Waals surface area contributed by atoms with Gasteiger partial charge in [-0.1, -0.05) is 30.3 Å². The first-order chi connectivity index (χ1) is 15.3. The van der Waals surface area contributed by atoms with Gasteiger partial charge in [-0.15, -0.1) is 0 Å². The molecule has 8 nitrogen and oxygen atoms in total. The van der Waals surface area contributed by atoms with Crippen LogP contribution in [0.2, 0.25) is 0 Å². The molecule has 0 aliphatic carbocycles. The fourth-order valence-corrected chi connectivity index (χ4v) is 6.12. The van der Waals surface area contributed by atoms with Gasteiger partial charge in [-0.2, -0.15) is 5.06 Å². The molecule has 3 atom stereocenters. The van der Waals surface area contributed by atoms with E-state index in [0.717, 1.165) is 11.1 Å². The summed E-state index contributed by atoms with van der Waals surface area (Å²) in [5.41, 5.74) is 2.89. The maximum atomic E-state index is 13.6. The molecule has 2 aromatic rings. The summed E-state index contributed by atoms with van der Waals surface area (Å²) in [6, 6.07) is 10.2. The zero-order chi connectivity index (χ0) is 23.0. The van der Waals surface area contributed by atoms with Gasteiger partial charge < -0.3 is 10.1 Å². The summed E-state index contributed by atoms with van der Waals surface area (Å²) in [7, 11) is -3.80. The van der Waals surface area contributed by atoms with E-state index in [1.807, 2.05) is 26.0 Å². The predicted molar refractivity (Wildman–Crippen MR) is 118 cm³/mol. The summed E-state index contributed by atoms with van der Waals surface area (Å²) in [6.45, 7) is 5.47. The Morgan fingerprint density at radius 2 is 1.84 bits per heavy atom. The second kappa shape index (κ2) is 8.65. The number of carbonyl (C=O) groups is 2. The summed E-state index contributed by atoms with van der Waals surface area (Å²) in [4.78, 5) is 31.5. The van der Waals surface area contributed by atoms with E-state index in [2.05, 4.69) is 5.32 Å². The van der Waals surface area contributed by atoms with E-state index < -0.39 is 39.0 Å². The highest BCUT2D eigenvalue weighted by Crippen LogP contribution is 2.45. The predicted octanol–water partition coefficient (Wildman–Crippen LogP) is 2.71. The number of hydroxylamine groups is 2. The number of benzene rings is 2. The first-order valence-corrected chi connectivity index (χ1v) is 12.1. The SMILES string of the molecule is CCOC(=O)C[C@@H]1C(=O)Nc2c(C)ccc(C)c2[C@@H]2[C@H](S(=O)(=O)c3ccccc3)CON12. The highest BCUT2D eigenvalue weighted by Gasteiger charge is 2.52. The molecule has 2 aliphatic rings. The molecule has 0 saturated carbocycles. The van der Waals surface area contributed by atoms with Crippen molar-refractivity contribution in [2.24, 2.45) is 0 Å². The Balaban J connectivity index is 1.86. The fraction of sp³-hybridized carbons (Fsp3) is 0.391.